The van der Waals surface area contributed by atoms with E-state index < -0.39 is 0 Å². The van der Waals surface area contributed by atoms with Gasteiger partial charge in [0.25, 0.3) is 0 Å². The number of nitrogens with one attached hydrogen (secondary N) is 2. The summed E-state index contributed by atoms with van der Waals surface area (Å²) in [6.07, 6.45) is 3.01. The van der Waals surface area contributed by atoms with Crippen LogP contribution < -0.4 is 19.5 Å². The van der Waals surface area contributed by atoms with Gasteiger partial charge >= 0.3 is 0 Å². The summed E-state index contributed by atoms with van der Waals surface area (Å²) in [5.41, 5.74) is 3.97. The molecule has 160 valence electrons. The van der Waals surface area contributed by atoms with Crippen LogP contribution in [0.15, 0.2) is 42.6 Å². The van der Waals surface area contributed by atoms with Gasteiger partial charge in [-0.25, -0.2) is 0 Å². The Hall–Kier alpha value is -3.48. The molecule has 1 aromatic heterocycles. The highest BCUT2D eigenvalue weighted by molar-refractivity contribution is 5.94. The average molecular weight is 419 g/mol. The Balaban J connectivity index is 1.38. The molecule has 5 rings (SSSR count). The van der Waals surface area contributed by atoms with Gasteiger partial charge in [-0.1, -0.05) is 24.3 Å². The van der Waals surface area contributed by atoms with Gasteiger partial charge in [-0.05, 0) is 37.1 Å². The van der Waals surface area contributed by atoms with Gasteiger partial charge in [0.05, 0.1) is 13.3 Å². The third kappa shape index (κ3) is 3.60. The van der Waals surface area contributed by atoms with Crippen LogP contribution in [0.25, 0.3) is 0 Å². The SMILES string of the molecule is COc1cc(C2CC(=O)Nc3[nH]ncc32)ccc1OCc1cccc2c1OC(C)(C)C2. The van der Waals surface area contributed by atoms with Gasteiger partial charge in [0.15, 0.2) is 11.5 Å². The molecule has 31 heavy (non-hydrogen) atoms. The standard InChI is InChI=1S/C24H25N3O4/c1-24(2)11-15-5-4-6-16(22(15)31-24)13-30-19-8-7-14(9-20(19)29-3)17-10-21(28)26-23-18(17)12-25-27-23/h4-9,12,17H,10-11,13H2,1-3H3,(H2,25,26,27,28). The number of aromatic amines is 1. The molecule has 1 amide bonds. The number of amides is 1. The summed E-state index contributed by atoms with van der Waals surface area (Å²) in [5.74, 6) is 2.72. The van der Waals surface area contributed by atoms with Gasteiger partial charge in [0.1, 0.15) is 23.8 Å². The molecule has 0 spiro atoms. The number of hydrogen-bond acceptors (Lipinski definition) is 5. The predicted molar refractivity (Wildman–Crippen MR) is 116 cm³/mol. The summed E-state index contributed by atoms with van der Waals surface area (Å²) in [4.78, 5) is 12.1. The normalized spacial score (nSPS) is 18.5. The Kier molecular flexibility index (Phi) is 4.61. The molecule has 7 nitrogen and oxygen atoms in total. The second-order valence-corrected chi connectivity index (χ2v) is 8.65. The van der Waals surface area contributed by atoms with E-state index in [2.05, 4.69) is 35.4 Å². The van der Waals surface area contributed by atoms with E-state index in [9.17, 15) is 4.79 Å². The number of hydrogen-bond donors (Lipinski definition) is 2. The van der Waals surface area contributed by atoms with Gasteiger partial charge < -0.3 is 19.5 Å². The number of aromatic nitrogens is 2. The molecule has 7 heteroatoms. The molecule has 0 fully saturated rings. The quantitative estimate of drug-likeness (QED) is 0.648. The lowest BCUT2D eigenvalue weighted by Crippen LogP contribution is -2.25. The zero-order valence-electron chi connectivity index (χ0n) is 17.8. The third-order valence-corrected chi connectivity index (χ3v) is 5.84. The van der Waals surface area contributed by atoms with Crippen LogP contribution >= 0.6 is 0 Å². The summed E-state index contributed by atoms with van der Waals surface area (Å²) in [6.45, 7) is 4.57. The van der Waals surface area contributed by atoms with Crippen molar-refractivity contribution in [2.24, 2.45) is 0 Å². The second kappa shape index (κ2) is 7.34. The van der Waals surface area contributed by atoms with Crippen LogP contribution in [0.2, 0.25) is 0 Å². The average Bonchev–Trinajstić information content (AvgIpc) is 3.34. The van der Waals surface area contributed by atoms with E-state index in [1.165, 1.54) is 5.56 Å². The van der Waals surface area contributed by atoms with Crippen molar-refractivity contribution >= 4 is 11.7 Å². The van der Waals surface area contributed by atoms with Crippen molar-refractivity contribution in [3.63, 3.8) is 0 Å². The van der Waals surface area contributed by atoms with Crippen LogP contribution in [0, 0.1) is 0 Å². The number of carbonyl (C=O) groups excluding carboxylic acids is 1. The maximum absolute atomic E-state index is 12.1. The topological polar surface area (TPSA) is 85.5 Å². The summed E-state index contributed by atoms with van der Waals surface area (Å²) in [5, 5.41) is 9.73. The molecule has 2 N–H and O–H groups in total. The lowest BCUT2D eigenvalue weighted by atomic mass is 9.87. The second-order valence-electron chi connectivity index (χ2n) is 8.65. The molecule has 0 aliphatic carbocycles. The molecule has 2 aliphatic rings. The Labute approximate surface area is 180 Å². The van der Waals surface area contributed by atoms with E-state index in [1.54, 1.807) is 13.3 Å². The molecule has 2 aromatic carbocycles. The van der Waals surface area contributed by atoms with E-state index in [0.29, 0.717) is 30.3 Å². The predicted octanol–water partition coefficient (Wildman–Crippen LogP) is 4.18. The van der Waals surface area contributed by atoms with Crippen LogP contribution in [0.1, 0.15) is 48.4 Å². The van der Waals surface area contributed by atoms with Crippen LogP contribution in [-0.2, 0) is 17.8 Å². The minimum Gasteiger partial charge on any atom is -0.493 e. The Morgan fingerprint density at radius 1 is 1.23 bits per heavy atom. The van der Waals surface area contributed by atoms with E-state index in [-0.39, 0.29) is 17.4 Å². The van der Waals surface area contributed by atoms with Crippen molar-refractivity contribution in [1.82, 2.24) is 10.2 Å². The number of para-hydroxylation sites is 1. The van der Waals surface area contributed by atoms with E-state index in [0.717, 1.165) is 28.9 Å². The number of ether oxygens (including phenoxy) is 3. The monoisotopic (exact) mass is 419 g/mol. The van der Waals surface area contributed by atoms with Crippen molar-refractivity contribution in [1.29, 1.82) is 0 Å². The lowest BCUT2D eigenvalue weighted by Gasteiger charge is -2.23. The molecular weight excluding hydrogens is 394 g/mol. The first-order valence-corrected chi connectivity index (χ1v) is 10.4. The smallest absolute Gasteiger partial charge is 0.226 e. The summed E-state index contributed by atoms with van der Waals surface area (Å²) in [7, 11) is 1.62. The fourth-order valence-electron chi connectivity index (χ4n) is 4.41. The molecule has 0 saturated carbocycles. The third-order valence-electron chi connectivity index (χ3n) is 5.84. The largest absolute Gasteiger partial charge is 0.493 e. The molecule has 0 bridgehead atoms. The summed E-state index contributed by atoms with van der Waals surface area (Å²) >= 11 is 0. The van der Waals surface area contributed by atoms with Crippen molar-refractivity contribution in [2.75, 3.05) is 12.4 Å². The van der Waals surface area contributed by atoms with Crippen LogP contribution in [0.4, 0.5) is 5.82 Å². The van der Waals surface area contributed by atoms with Crippen molar-refractivity contribution in [3.8, 4) is 17.2 Å². The Morgan fingerprint density at radius 2 is 2.10 bits per heavy atom. The first-order chi connectivity index (χ1) is 14.9. The maximum atomic E-state index is 12.1. The highest BCUT2D eigenvalue weighted by Crippen LogP contribution is 2.41. The van der Waals surface area contributed by atoms with Gasteiger partial charge in [-0.2, -0.15) is 5.10 Å². The van der Waals surface area contributed by atoms with Crippen LogP contribution in [0.5, 0.6) is 17.2 Å². The summed E-state index contributed by atoms with van der Waals surface area (Å²) < 4.78 is 17.9. The fourth-order valence-corrected chi connectivity index (χ4v) is 4.41. The van der Waals surface area contributed by atoms with Crippen LogP contribution in [0.3, 0.4) is 0 Å². The first-order valence-electron chi connectivity index (χ1n) is 10.4. The number of H-pyrrole nitrogens is 1. The Morgan fingerprint density at radius 3 is 2.94 bits per heavy atom. The number of methoxy groups -OCH3 is 1. The number of rotatable bonds is 5. The molecule has 0 radical (unpaired) electrons. The first kappa shape index (κ1) is 19.5. The van der Waals surface area contributed by atoms with Gasteiger partial charge in [0, 0.05) is 29.9 Å². The number of anilines is 1. The summed E-state index contributed by atoms with van der Waals surface area (Å²) in [6, 6.07) is 12.0. The van der Waals surface area contributed by atoms with Gasteiger partial charge in [0.2, 0.25) is 5.91 Å². The van der Waals surface area contributed by atoms with Gasteiger partial charge in [-0.3, -0.25) is 9.89 Å². The molecule has 0 saturated heterocycles. The molecule has 2 aliphatic heterocycles. The highest BCUT2D eigenvalue weighted by atomic mass is 16.5. The number of nitrogens with zero attached hydrogens (tertiary/aromatic N) is 1. The van der Waals surface area contributed by atoms with Crippen molar-refractivity contribution in [3.05, 3.63) is 64.8 Å². The maximum Gasteiger partial charge on any atom is 0.226 e. The number of carbonyl (C=O) groups is 1. The van der Waals surface area contributed by atoms with E-state index >= 15 is 0 Å². The fraction of sp³-hybridized carbons (Fsp3) is 0.333. The van der Waals surface area contributed by atoms with E-state index in [1.807, 2.05) is 30.3 Å². The van der Waals surface area contributed by atoms with Crippen molar-refractivity contribution < 1.29 is 19.0 Å². The zero-order valence-corrected chi connectivity index (χ0v) is 17.8. The Bertz CT molecular complexity index is 1150. The molecule has 1 atom stereocenters. The highest BCUT2D eigenvalue weighted by Gasteiger charge is 2.32. The molecule has 3 heterocycles. The number of benzene rings is 2. The van der Waals surface area contributed by atoms with Gasteiger partial charge in [-0.15, -0.1) is 0 Å². The lowest BCUT2D eigenvalue weighted by molar-refractivity contribution is -0.116. The minimum absolute atomic E-state index is 0.0399. The van der Waals surface area contributed by atoms with Crippen molar-refractivity contribution in [2.45, 2.75) is 44.8 Å². The van der Waals surface area contributed by atoms with E-state index in [4.69, 9.17) is 14.2 Å². The molecule has 3 aromatic rings. The van der Waals surface area contributed by atoms with Crippen LogP contribution in [-0.4, -0.2) is 28.8 Å². The molecule has 1 unspecified atom stereocenters. The minimum atomic E-state index is -0.198. The zero-order chi connectivity index (χ0) is 21.6. The molecular formula is C24H25N3O4. The number of fused-ring (bicyclic) bond motifs is 2.